The molecule has 0 fully saturated rings. The SMILES string of the molecule is CC(C)CC(NC(=O)C(C)N)C(=O)NC(CC(N)=O)C(=O)NC(CC(N)=O)C(=O)O. The Morgan fingerprint density at radius 2 is 1.13 bits per heavy atom. The monoisotopic (exact) mass is 430 g/mol. The van der Waals surface area contributed by atoms with E-state index in [0.29, 0.717) is 0 Å². The number of nitrogens with one attached hydrogen (secondary N) is 3. The van der Waals surface area contributed by atoms with E-state index in [1.54, 1.807) is 13.8 Å². The van der Waals surface area contributed by atoms with Gasteiger partial charge in [0.25, 0.3) is 0 Å². The highest BCUT2D eigenvalue weighted by Crippen LogP contribution is 2.07. The number of nitrogens with two attached hydrogens (primary N) is 3. The number of amides is 5. The first kappa shape index (κ1) is 26.8. The zero-order chi connectivity index (χ0) is 23.6. The molecule has 170 valence electrons. The average molecular weight is 430 g/mol. The highest BCUT2D eigenvalue weighted by atomic mass is 16.4. The smallest absolute Gasteiger partial charge is 0.326 e. The average Bonchev–Trinajstić information content (AvgIpc) is 2.58. The molecule has 5 amide bonds. The van der Waals surface area contributed by atoms with Crippen LogP contribution in [0.2, 0.25) is 0 Å². The number of carbonyl (C=O) groups is 6. The molecule has 10 N–H and O–H groups in total. The van der Waals surface area contributed by atoms with Gasteiger partial charge in [0.2, 0.25) is 29.5 Å². The molecule has 0 saturated carbocycles. The molecule has 0 spiro atoms. The van der Waals surface area contributed by atoms with E-state index in [4.69, 9.17) is 22.3 Å². The van der Waals surface area contributed by atoms with Crippen LogP contribution in [0.5, 0.6) is 0 Å². The van der Waals surface area contributed by atoms with Gasteiger partial charge in [-0.05, 0) is 19.3 Å². The first-order chi connectivity index (χ1) is 13.7. The van der Waals surface area contributed by atoms with E-state index in [9.17, 15) is 28.8 Å². The van der Waals surface area contributed by atoms with E-state index in [1.807, 2.05) is 5.32 Å². The van der Waals surface area contributed by atoms with Crippen LogP contribution in [0.1, 0.15) is 40.0 Å². The Hall–Kier alpha value is -3.22. The summed E-state index contributed by atoms with van der Waals surface area (Å²) < 4.78 is 0. The van der Waals surface area contributed by atoms with Gasteiger partial charge in [-0.15, -0.1) is 0 Å². The number of carbonyl (C=O) groups excluding carboxylic acids is 5. The Balaban J connectivity index is 5.47. The molecule has 0 aromatic heterocycles. The molecule has 0 aromatic rings. The predicted octanol–water partition coefficient (Wildman–Crippen LogP) is -3.33. The zero-order valence-corrected chi connectivity index (χ0v) is 17.1. The Morgan fingerprint density at radius 3 is 1.53 bits per heavy atom. The molecule has 30 heavy (non-hydrogen) atoms. The van der Waals surface area contributed by atoms with Crippen molar-refractivity contribution in [1.29, 1.82) is 0 Å². The van der Waals surface area contributed by atoms with Gasteiger partial charge in [-0.2, -0.15) is 0 Å². The predicted molar refractivity (Wildman–Crippen MR) is 104 cm³/mol. The maximum Gasteiger partial charge on any atom is 0.326 e. The Labute approximate surface area is 173 Å². The molecule has 0 aliphatic carbocycles. The van der Waals surface area contributed by atoms with Crippen molar-refractivity contribution in [1.82, 2.24) is 16.0 Å². The number of hydrogen-bond donors (Lipinski definition) is 7. The lowest BCUT2D eigenvalue weighted by Crippen LogP contribution is -2.58. The summed E-state index contributed by atoms with van der Waals surface area (Å²) in [4.78, 5) is 70.4. The third-order valence-electron chi connectivity index (χ3n) is 3.81. The van der Waals surface area contributed by atoms with Gasteiger partial charge in [0.1, 0.15) is 18.1 Å². The summed E-state index contributed by atoms with van der Waals surface area (Å²) in [6.45, 7) is 5.02. The molecular formula is C17H30N6O7. The van der Waals surface area contributed by atoms with Gasteiger partial charge in [-0.25, -0.2) is 4.79 Å². The molecule has 0 aromatic carbocycles. The van der Waals surface area contributed by atoms with Crippen LogP contribution in [-0.2, 0) is 28.8 Å². The fourth-order valence-corrected chi connectivity index (χ4v) is 2.36. The van der Waals surface area contributed by atoms with Crippen LogP contribution < -0.4 is 33.2 Å². The molecule has 4 atom stereocenters. The second-order valence-corrected chi connectivity index (χ2v) is 7.28. The lowest BCUT2D eigenvalue weighted by atomic mass is 10.0. The van der Waals surface area contributed by atoms with E-state index in [1.165, 1.54) is 6.92 Å². The summed E-state index contributed by atoms with van der Waals surface area (Å²) >= 11 is 0. The molecule has 13 nitrogen and oxygen atoms in total. The van der Waals surface area contributed by atoms with Crippen molar-refractivity contribution in [3.63, 3.8) is 0 Å². The fraction of sp³-hybridized carbons (Fsp3) is 0.647. The minimum Gasteiger partial charge on any atom is -0.480 e. The lowest BCUT2D eigenvalue weighted by molar-refractivity contribution is -0.144. The number of carboxylic acids is 1. The quantitative estimate of drug-likeness (QED) is 0.155. The largest absolute Gasteiger partial charge is 0.480 e. The Kier molecular flexibility index (Phi) is 11.0. The van der Waals surface area contributed by atoms with Crippen molar-refractivity contribution >= 4 is 35.5 Å². The van der Waals surface area contributed by atoms with Crippen molar-refractivity contribution in [2.24, 2.45) is 23.1 Å². The third-order valence-corrected chi connectivity index (χ3v) is 3.81. The van der Waals surface area contributed by atoms with E-state index in [-0.39, 0.29) is 12.3 Å². The van der Waals surface area contributed by atoms with E-state index < -0.39 is 72.5 Å². The van der Waals surface area contributed by atoms with Gasteiger partial charge in [-0.1, -0.05) is 13.8 Å². The maximum atomic E-state index is 12.6. The highest BCUT2D eigenvalue weighted by molar-refractivity contribution is 5.96. The number of hydrogen-bond acceptors (Lipinski definition) is 7. The van der Waals surface area contributed by atoms with Crippen LogP contribution in [0.4, 0.5) is 0 Å². The van der Waals surface area contributed by atoms with Gasteiger partial charge in [0, 0.05) is 0 Å². The Bertz CT molecular complexity index is 680. The molecule has 0 aliphatic rings. The van der Waals surface area contributed by atoms with E-state index in [2.05, 4.69) is 10.6 Å². The second-order valence-electron chi connectivity index (χ2n) is 7.28. The van der Waals surface area contributed by atoms with Crippen molar-refractivity contribution in [3.8, 4) is 0 Å². The van der Waals surface area contributed by atoms with Gasteiger partial charge in [0.05, 0.1) is 18.9 Å². The minimum atomic E-state index is -1.66. The summed E-state index contributed by atoms with van der Waals surface area (Å²) in [5.41, 5.74) is 15.6. The van der Waals surface area contributed by atoms with Crippen LogP contribution in [0.15, 0.2) is 0 Å². The summed E-state index contributed by atoms with van der Waals surface area (Å²) in [5.74, 6) is -5.93. The molecule has 0 heterocycles. The maximum absolute atomic E-state index is 12.6. The van der Waals surface area contributed by atoms with Crippen LogP contribution in [-0.4, -0.2) is 64.8 Å². The number of aliphatic carboxylic acids is 1. The van der Waals surface area contributed by atoms with Crippen LogP contribution >= 0.6 is 0 Å². The number of primary amides is 2. The van der Waals surface area contributed by atoms with Crippen LogP contribution in [0.25, 0.3) is 0 Å². The zero-order valence-electron chi connectivity index (χ0n) is 17.1. The molecular weight excluding hydrogens is 400 g/mol. The fourth-order valence-electron chi connectivity index (χ4n) is 2.36. The molecule has 0 aliphatic heterocycles. The van der Waals surface area contributed by atoms with Gasteiger partial charge >= 0.3 is 5.97 Å². The first-order valence-corrected chi connectivity index (χ1v) is 9.20. The summed E-state index contributed by atoms with van der Waals surface area (Å²) in [6, 6.07) is -5.15. The van der Waals surface area contributed by atoms with Gasteiger partial charge < -0.3 is 38.3 Å². The van der Waals surface area contributed by atoms with Gasteiger partial charge in [-0.3, -0.25) is 24.0 Å². The van der Waals surface area contributed by atoms with Crippen molar-refractivity contribution in [2.75, 3.05) is 0 Å². The highest BCUT2D eigenvalue weighted by Gasteiger charge is 2.31. The minimum absolute atomic E-state index is 0.0236. The molecule has 0 bridgehead atoms. The molecule has 0 saturated heterocycles. The van der Waals surface area contributed by atoms with Crippen molar-refractivity contribution in [2.45, 2.75) is 64.2 Å². The number of carboxylic acid groups (broad SMARTS) is 1. The summed E-state index contributed by atoms with van der Waals surface area (Å²) in [6.07, 6.45) is -1.14. The topological polar surface area (TPSA) is 237 Å². The molecule has 13 heteroatoms. The molecule has 4 unspecified atom stereocenters. The normalized spacial score (nSPS) is 14.7. The van der Waals surface area contributed by atoms with Crippen molar-refractivity contribution in [3.05, 3.63) is 0 Å². The third kappa shape index (κ3) is 10.4. The van der Waals surface area contributed by atoms with E-state index >= 15 is 0 Å². The standard InChI is InChI=1S/C17H30N6O7/c1-7(2)4-9(21-14(26)8(3)18)15(27)22-10(5-12(19)24)16(28)23-11(17(29)30)6-13(20)25/h7-11H,4-6,18H2,1-3H3,(H2,19,24)(H2,20,25)(H,21,26)(H,22,27)(H,23,28)(H,29,30). The van der Waals surface area contributed by atoms with Crippen molar-refractivity contribution < 1.29 is 33.9 Å². The van der Waals surface area contributed by atoms with Gasteiger partial charge in [0.15, 0.2) is 0 Å². The molecule has 0 radical (unpaired) electrons. The second kappa shape index (κ2) is 12.4. The first-order valence-electron chi connectivity index (χ1n) is 9.20. The summed E-state index contributed by atoms with van der Waals surface area (Å²) in [7, 11) is 0. The summed E-state index contributed by atoms with van der Waals surface area (Å²) in [5, 5.41) is 15.9. The van der Waals surface area contributed by atoms with Crippen LogP contribution in [0.3, 0.4) is 0 Å². The number of rotatable bonds is 13. The Morgan fingerprint density at radius 1 is 0.733 bits per heavy atom. The molecule has 0 rings (SSSR count). The van der Waals surface area contributed by atoms with Crippen LogP contribution in [0, 0.1) is 5.92 Å². The van der Waals surface area contributed by atoms with E-state index in [0.717, 1.165) is 0 Å². The lowest BCUT2D eigenvalue weighted by Gasteiger charge is -2.25.